The van der Waals surface area contributed by atoms with Gasteiger partial charge in [0.15, 0.2) is 0 Å². The van der Waals surface area contributed by atoms with Crippen molar-refractivity contribution in [2.45, 2.75) is 89.2 Å². The summed E-state index contributed by atoms with van der Waals surface area (Å²) in [5.41, 5.74) is -6.42. The maximum Gasteiger partial charge on any atom is 0.523 e. The first-order chi connectivity index (χ1) is 15.1. The van der Waals surface area contributed by atoms with Crippen molar-refractivity contribution in [3.63, 3.8) is 0 Å². The highest BCUT2D eigenvalue weighted by atomic mass is 32.2. The maximum atomic E-state index is 12.7. The van der Waals surface area contributed by atoms with E-state index in [1.807, 2.05) is 0 Å². The van der Waals surface area contributed by atoms with Gasteiger partial charge in [0.1, 0.15) is 5.60 Å². The van der Waals surface area contributed by atoms with Crippen molar-refractivity contribution in [3.8, 4) is 0 Å². The molecule has 0 aromatic carbocycles. The van der Waals surface area contributed by atoms with Crippen molar-refractivity contribution >= 4 is 22.2 Å². The van der Waals surface area contributed by atoms with Crippen LogP contribution in [-0.2, 0) is 33.3 Å². The summed E-state index contributed by atoms with van der Waals surface area (Å²) >= 11 is 0. The SMILES string of the molecule is CCOC(=O)C1CCC(OC[C@@H]2C[C@@H](OS(=O)(=O)C(F)(F)F)CN2C(=O)OC(C)(C)C)CC1. The van der Waals surface area contributed by atoms with Gasteiger partial charge in [0, 0.05) is 0 Å². The van der Waals surface area contributed by atoms with Crippen LogP contribution in [0.4, 0.5) is 18.0 Å². The lowest BCUT2D eigenvalue weighted by atomic mass is 9.87. The molecule has 0 unspecified atom stereocenters. The van der Waals surface area contributed by atoms with Crippen LogP contribution < -0.4 is 0 Å². The number of esters is 1. The molecule has 2 aliphatic rings. The molecule has 1 aliphatic carbocycles. The number of hydrogen-bond donors (Lipinski definition) is 0. The van der Waals surface area contributed by atoms with Crippen molar-refractivity contribution in [2.24, 2.45) is 5.92 Å². The van der Waals surface area contributed by atoms with Crippen LogP contribution in [0.3, 0.4) is 0 Å². The number of carbonyl (C=O) groups excluding carboxylic acids is 2. The van der Waals surface area contributed by atoms with Crippen LogP contribution in [0.5, 0.6) is 0 Å². The number of nitrogens with zero attached hydrogens (tertiary/aromatic N) is 1. The van der Waals surface area contributed by atoms with Gasteiger partial charge in [-0.2, -0.15) is 21.6 Å². The van der Waals surface area contributed by atoms with Gasteiger partial charge in [-0.05, 0) is 59.8 Å². The fourth-order valence-corrected chi connectivity index (χ4v) is 4.46. The molecule has 2 fully saturated rings. The predicted molar refractivity (Wildman–Crippen MR) is 110 cm³/mol. The third-order valence-electron chi connectivity index (χ3n) is 5.37. The standard InChI is InChI=1S/C20H32F3NO8S/c1-5-29-17(25)13-6-8-15(9-7-13)30-12-14-10-16(32-33(27,28)20(21,22)23)11-24(14)18(26)31-19(2,3)4/h13-16H,5-12H2,1-4H3/t13?,14-,15?,16+/m0/s1. The van der Waals surface area contributed by atoms with Crippen molar-refractivity contribution in [3.05, 3.63) is 0 Å². The van der Waals surface area contributed by atoms with Gasteiger partial charge in [-0.1, -0.05) is 0 Å². The van der Waals surface area contributed by atoms with Crippen LogP contribution in [0.1, 0.15) is 59.8 Å². The van der Waals surface area contributed by atoms with Crippen molar-refractivity contribution < 1.29 is 49.6 Å². The molecule has 1 saturated carbocycles. The zero-order chi connectivity index (χ0) is 25.0. The third kappa shape index (κ3) is 7.99. The van der Waals surface area contributed by atoms with Gasteiger partial charge in [-0.25, -0.2) is 4.79 Å². The molecule has 2 rings (SSSR count). The first-order valence-corrected chi connectivity index (χ1v) is 12.3. The normalized spacial score (nSPS) is 26.8. The van der Waals surface area contributed by atoms with Gasteiger partial charge in [0.05, 0.1) is 43.9 Å². The smallest absolute Gasteiger partial charge is 0.466 e. The van der Waals surface area contributed by atoms with E-state index < -0.39 is 39.5 Å². The lowest BCUT2D eigenvalue weighted by Gasteiger charge is -2.31. The van der Waals surface area contributed by atoms with E-state index in [0.29, 0.717) is 32.3 Å². The molecular weight excluding hydrogens is 471 g/mol. The van der Waals surface area contributed by atoms with Crippen LogP contribution in [0.2, 0.25) is 0 Å². The minimum absolute atomic E-state index is 0.0279. The van der Waals surface area contributed by atoms with E-state index in [4.69, 9.17) is 14.2 Å². The number of rotatable bonds is 7. The predicted octanol–water partition coefficient (Wildman–Crippen LogP) is 3.37. The summed E-state index contributed by atoms with van der Waals surface area (Å²) in [4.78, 5) is 25.6. The highest BCUT2D eigenvalue weighted by molar-refractivity contribution is 7.87. The number of carbonyl (C=O) groups is 2. The number of alkyl halides is 3. The summed E-state index contributed by atoms with van der Waals surface area (Å²) < 4.78 is 81.5. The van der Waals surface area contributed by atoms with Gasteiger partial charge < -0.3 is 19.1 Å². The Morgan fingerprint density at radius 2 is 1.64 bits per heavy atom. The fraction of sp³-hybridized carbons (Fsp3) is 0.900. The molecule has 0 spiro atoms. The summed E-state index contributed by atoms with van der Waals surface area (Å²) in [6.07, 6.45) is -0.188. The molecule has 0 bridgehead atoms. The number of ether oxygens (including phenoxy) is 3. The zero-order valence-corrected chi connectivity index (χ0v) is 20.0. The van der Waals surface area contributed by atoms with Crippen LogP contribution >= 0.6 is 0 Å². The molecular formula is C20H32F3NO8S. The molecule has 1 aliphatic heterocycles. The number of amides is 1. The van der Waals surface area contributed by atoms with Gasteiger partial charge in [0.25, 0.3) is 0 Å². The second kappa shape index (κ2) is 10.8. The van der Waals surface area contributed by atoms with E-state index in [9.17, 15) is 31.2 Å². The second-order valence-electron chi connectivity index (χ2n) is 9.20. The van der Waals surface area contributed by atoms with Crippen LogP contribution in [-0.4, -0.2) is 74.5 Å². The first-order valence-electron chi connectivity index (χ1n) is 10.9. The Kier molecular flexibility index (Phi) is 9.02. The van der Waals surface area contributed by atoms with Gasteiger partial charge >= 0.3 is 27.7 Å². The van der Waals surface area contributed by atoms with Crippen molar-refractivity contribution in [2.75, 3.05) is 19.8 Å². The van der Waals surface area contributed by atoms with Crippen molar-refractivity contribution in [1.29, 1.82) is 0 Å². The number of hydrogen-bond acceptors (Lipinski definition) is 8. The highest BCUT2D eigenvalue weighted by Crippen LogP contribution is 2.32. The molecule has 0 N–H and O–H groups in total. The molecule has 9 nitrogen and oxygen atoms in total. The minimum Gasteiger partial charge on any atom is -0.466 e. The molecule has 1 heterocycles. The van der Waals surface area contributed by atoms with Gasteiger partial charge in [-0.3, -0.25) is 8.98 Å². The molecule has 1 amide bonds. The summed E-state index contributed by atoms with van der Waals surface area (Å²) in [7, 11) is -5.81. The average molecular weight is 504 g/mol. The Bertz CT molecular complexity index is 788. The van der Waals surface area contributed by atoms with Crippen LogP contribution in [0.25, 0.3) is 0 Å². The highest BCUT2D eigenvalue weighted by Gasteiger charge is 2.50. The quantitative estimate of drug-likeness (QED) is 0.296. The lowest BCUT2D eigenvalue weighted by molar-refractivity contribution is -0.150. The fourth-order valence-electron chi connectivity index (χ4n) is 3.85. The average Bonchev–Trinajstić information content (AvgIpc) is 3.07. The first kappa shape index (κ1) is 27.6. The Balaban J connectivity index is 1.99. The van der Waals surface area contributed by atoms with E-state index in [-0.39, 0.29) is 37.6 Å². The monoisotopic (exact) mass is 503 g/mol. The van der Waals surface area contributed by atoms with E-state index in [0.717, 1.165) is 4.90 Å². The number of likely N-dealkylation sites (tertiary alicyclic amines) is 1. The third-order valence-corrected chi connectivity index (χ3v) is 6.46. The summed E-state index contributed by atoms with van der Waals surface area (Å²) in [5, 5.41) is 0. The lowest BCUT2D eigenvalue weighted by Crippen LogP contribution is -2.43. The second-order valence-corrected chi connectivity index (χ2v) is 10.8. The molecule has 0 aromatic rings. The van der Waals surface area contributed by atoms with E-state index in [2.05, 4.69) is 4.18 Å². The molecule has 0 radical (unpaired) electrons. The van der Waals surface area contributed by atoms with E-state index in [1.165, 1.54) is 0 Å². The molecule has 33 heavy (non-hydrogen) atoms. The number of halogens is 3. The molecule has 0 aromatic heterocycles. The Morgan fingerprint density at radius 1 is 1.03 bits per heavy atom. The Morgan fingerprint density at radius 3 is 2.15 bits per heavy atom. The summed E-state index contributed by atoms with van der Waals surface area (Å²) in [6, 6.07) is -0.726. The largest absolute Gasteiger partial charge is 0.523 e. The minimum atomic E-state index is -5.81. The summed E-state index contributed by atoms with van der Waals surface area (Å²) in [5.74, 6) is -0.436. The molecule has 13 heteroatoms. The maximum absolute atomic E-state index is 12.7. The van der Waals surface area contributed by atoms with E-state index in [1.54, 1.807) is 27.7 Å². The van der Waals surface area contributed by atoms with Crippen molar-refractivity contribution in [1.82, 2.24) is 4.90 Å². The Labute approximate surface area is 192 Å². The molecule has 192 valence electrons. The van der Waals surface area contributed by atoms with Gasteiger partial charge in [0.2, 0.25) is 0 Å². The molecule has 2 atom stereocenters. The Hall–Kier alpha value is -1.60. The zero-order valence-electron chi connectivity index (χ0n) is 19.2. The topological polar surface area (TPSA) is 108 Å². The van der Waals surface area contributed by atoms with Gasteiger partial charge in [-0.15, -0.1) is 0 Å². The van der Waals surface area contributed by atoms with Crippen LogP contribution in [0.15, 0.2) is 0 Å². The summed E-state index contributed by atoms with van der Waals surface area (Å²) in [6.45, 7) is 6.55. The van der Waals surface area contributed by atoms with Crippen LogP contribution in [0, 0.1) is 5.92 Å². The van der Waals surface area contributed by atoms with E-state index >= 15 is 0 Å². The molecule has 1 saturated heterocycles.